The minimum absolute atomic E-state index is 0.914. The van der Waals surface area contributed by atoms with Crippen molar-refractivity contribution in [2.45, 2.75) is 0 Å². The monoisotopic (exact) mass is 1750 g/mol. The van der Waals surface area contributed by atoms with E-state index in [-0.39, 0.29) is 0 Å². The van der Waals surface area contributed by atoms with Crippen LogP contribution in [0.1, 0.15) is 0 Å². The van der Waals surface area contributed by atoms with Gasteiger partial charge in [0.25, 0.3) is 0 Å². The molecule has 26 aromatic carbocycles. The van der Waals surface area contributed by atoms with Gasteiger partial charge in [-0.1, -0.05) is 443 Å². The fourth-order valence-electron chi connectivity index (χ4n) is 22.6. The molecule has 0 amide bonds. The number of hydrogen-bond donors (Lipinski definition) is 0. The highest BCUT2D eigenvalue weighted by atomic mass is 32.1. The Bertz CT molecular complexity index is 9850. The van der Waals surface area contributed by atoms with Crippen molar-refractivity contribution in [3.05, 3.63) is 497 Å². The first kappa shape index (κ1) is 79.2. The Hall–Kier alpha value is -17.6. The normalized spacial score (nSPS) is 11.8. The summed E-state index contributed by atoms with van der Waals surface area (Å²) in [5.41, 5.74) is 26.1. The van der Waals surface area contributed by atoms with Crippen LogP contribution in [0.4, 0.5) is 0 Å². The molecule has 3 heterocycles. The molecule has 3 aromatic heterocycles. The SMILES string of the molecule is c1cc(-c2ccc3ccccc3c2)cc(-c2c3ccccc3c(-c3cccc(-c4cccc5c4sc4ccccc45)c3)c3ccccc23)c1.c1ccc(-c2c3ccccc3c(-c3ccc(-c4cccc5oc6ccccc6c45)c4ccccc34)c3ccccc23)cc1.c1ccc2c(-c3c4ccccc4c(-c4cc5ccccc5c5ccccc45)c4ccccc34)c3oc4ccccc4c3cc2c1. The molecule has 0 radical (unpaired) electrons. The maximum absolute atomic E-state index is 6.76. The lowest BCUT2D eigenvalue weighted by molar-refractivity contribution is 0.669. The Labute approximate surface area is 794 Å². The molecule has 29 aromatic rings. The lowest BCUT2D eigenvalue weighted by Gasteiger charge is -2.20. The lowest BCUT2D eigenvalue weighted by Crippen LogP contribution is -1.93. The van der Waals surface area contributed by atoms with Gasteiger partial charge in [0.1, 0.15) is 22.3 Å². The van der Waals surface area contributed by atoms with E-state index < -0.39 is 0 Å². The Kier molecular flexibility index (Phi) is 18.9. The first-order valence-corrected chi connectivity index (χ1v) is 48.0. The van der Waals surface area contributed by atoms with Gasteiger partial charge in [-0.2, -0.15) is 0 Å². The van der Waals surface area contributed by atoms with E-state index in [2.05, 4.69) is 491 Å². The van der Waals surface area contributed by atoms with Crippen LogP contribution >= 0.6 is 11.3 Å². The predicted molar refractivity (Wildman–Crippen MR) is 588 cm³/mol. The summed E-state index contributed by atoms with van der Waals surface area (Å²) < 4.78 is 15.7. The highest BCUT2D eigenvalue weighted by Gasteiger charge is 2.27. The van der Waals surface area contributed by atoms with E-state index in [1.54, 1.807) is 0 Å². The summed E-state index contributed by atoms with van der Waals surface area (Å²) in [7, 11) is 0. The van der Waals surface area contributed by atoms with Crippen molar-refractivity contribution in [1.29, 1.82) is 0 Å². The standard InChI is InChI=1S/C48H30S.C44H26O.C42H26O/c1-2-13-32-28-34(27-26-31(32)12-1)33-14-9-16-36(29-33)46-40-19-3-5-21-42(40)47(43-22-6-4-20-41(43)46)37-17-10-15-35(30-37)38-23-11-24-44-39-18-7-8-25-45(39)49-48(38)44;1-3-15-29-27(13-1)25-38(32-18-6-5-17-31(29)32)41-34-20-7-9-22-36(34)42(37-23-10-8-21-35(37)41)43-30-16-4-2-14-28(30)26-39-33-19-11-12-24-40(33)45-44(39)43;1-2-13-27(14-3-1)40-32-17-6-8-19-34(32)41(35-20-9-7-18-33(35)40)36-26-25-30(28-15-4-5-16-29(28)36)31-22-12-24-39-42(31)37-21-10-11-23-38(37)43-39/h1-30H;1-26H;1-26H. The molecule has 2 nitrogen and oxygen atoms in total. The number of benzene rings is 26. The van der Waals surface area contributed by atoms with Gasteiger partial charge in [-0.15, -0.1) is 11.3 Å². The van der Waals surface area contributed by atoms with E-state index in [4.69, 9.17) is 8.83 Å². The average molecular weight is 1760 g/mol. The molecule has 0 unspecified atom stereocenters. The van der Waals surface area contributed by atoms with Crippen LogP contribution < -0.4 is 0 Å². The van der Waals surface area contributed by atoms with E-state index in [1.807, 2.05) is 17.4 Å². The van der Waals surface area contributed by atoms with Gasteiger partial charge in [0.05, 0.1) is 0 Å². The van der Waals surface area contributed by atoms with Crippen LogP contribution in [-0.4, -0.2) is 0 Å². The van der Waals surface area contributed by atoms with Gasteiger partial charge >= 0.3 is 0 Å². The average Bonchev–Trinajstić information content (AvgIpc) is 1.60. The van der Waals surface area contributed by atoms with Crippen molar-refractivity contribution in [3.8, 4) is 100 Å². The number of rotatable bonds is 9. The zero-order valence-electron chi connectivity index (χ0n) is 74.6. The molecular formula is C134H82O2S. The Balaban J connectivity index is 0.000000104. The zero-order chi connectivity index (χ0) is 90.1. The zero-order valence-corrected chi connectivity index (χ0v) is 75.4. The maximum Gasteiger partial charge on any atom is 0.143 e. The number of hydrogen-bond acceptors (Lipinski definition) is 3. The van der Waals surface area contributed by atoms with Crippen molar-refractivity contribution < 1.29 is 8.83 Å². The molecule has 0 saturated carbocycles. The Morgan fingerprint density at radius 1 is 0.139 bits per heavy atom. The lowest BCUT2D eigenvalue weighted by atomic mass is 9.82. The third-order valence-electron chi connectivity index (χ3n) is 28.5. The quantitative estimate of drug-likeness (QED) is 0.106. The summed E-state index contributed by atoms with van der Waals surface area (Å²) in [6.45, 7) is 0. The third kappa shape index (κ3) is 13.1. The molecule has 0 bridgehead atoms. The molecule has 0 spiro atoms. The topological polar surface area (TPSA) is 26.3 Å². The molecule has 0 aliphatic rings. The van der Waals surface area contributed by atoms with Crippen LogP contribution in [0.2, 0.25) is 0 Å². The van der Waals surface area contributed by atoms with Crippen molar-refractivity contribution in [3.63, 3.8) is 0 Å². The molecular weight excluding hydrogens is 1670 g/mol. The van der Waals surface area contributed by atoms with Crippen molar-refractivity contribution >= 4 is 194 Å². The second kappa shape index (κ2) is 32.7. The molecule has 29 rings (SSSR count). The van der Waals surface area contributed by atoms with Crippen LogP contribution in [-0.2, 0) is 0 Å². The first-order chi connectivity index (χ1) is 68.0. The summed E-state index contributed by atoms with van der Waals surface area (Å²) in [4.78, 5) is 0. The summed E-state index contributed by atoms with van der Waals surface area (Å²) >= 11 is 1.89. The largest absolute Gasteiger partial charge is 0.456 e. The minimum Gasteiger partial charge on any atom is -0.456 e. The van der Waals surface area contributed by atoms with Crippen LogP contribution in [0.5, 0.6) is 0 Å². The highest BCUT2D eigenvalue weighted by Crippen LogP contribution is 2.54. The van der Waals surface area contributed by atoms with E-state index in [0.717, 1.165) is 44.1 Å². The van der Waals surface area contributed by atoms with Gasteiger partial charge in [-0.3, -0.25) is 0 Å². The molecule has 0 aliphatic carbocycles. The number of thiophene rings is 1. The fourth-order valence-corrected chi connectivity index (χ4v) is 23.8. The second-order valence-electron chi connectivity index (χ2n) is 36.0. The maximum atomic E-state index is 6.76. The first-order valence-electron chi connectivity index (χ1n) is 47.2. The summed E-state index contributed by atoms with van der Waals surface area (Å²) in [6.07, 6.45) is 0. The summed E-state index contributed by atoms with van der Waals surface area (Å²) in [6, 6.07) is 181. The van der Waals surface area contributed by atoms with Crippen LogP contribution in [0.15, 0.2) is 506 Å². The van der Waals surface area contributed by atoms with Gasteiger partial charge in [0.2, 0.25) is 0 Å². The number of fused-ring (bicyclic) bond motifs is 21. The Morgan fingerprint density at radius 3 is 1.12 bits per heavy atom. The Morgan fingerprint density at radius 2 is 0.511 bits per heavy atom. The van der Waals surface area contributed by atoms with Crippen molar-refractivity contribution in [1.82, 2.24) is 0 Å². The molecule has 0 saturated heterocycles. The summed E-state index contributed by atoms with van der Waals surface area (Å²) in [5, 5.41) is 34.8. The predicted octanol–water partition coefficient (Wildman–Crippen LogP) is 38.9. The van der Waals surface area contributed by atoms with E-state index in [1.165, 1.54) is 239 Å². The van der Waals surface area contributed by atoms with Crippen LogP contribution in [0, 0.1) is 0 Å². The molecule has 137 heavy (non-hydrogen) atoms. The van der Waals surface area contributed by atoms with E-state index >= 15 is 0 Å². The summed E-state index contributed by atoms with van der Waals surface area (Å²) in [5.74, 6) is 0. The number of para-hydroxylation sites is 2. The van der Waals surface area contributed by atoms with Gasteiger partial charge in [0.15, 0.2) is 0 Å². The molecule has 0 N–H and O–H groups in total. The molecule has 3 heteroatoms. The van der Waals surface area contributed by atoms with Crippen LogP contribution in [0.3, 0.4) is 0 Å². The molecule has 0 fully saturated rings. The van der Waals surface area contributed by atoms with Crippen molar-refractivity contribution in [2.75, 3.05) is 0 Å². The molecule has 636 valence electrons. The van der Waals surface area contributed by atoms with Gasteiger partial charge in [-0.05, 0) is 262 Å². The smallest absolute Gasteiger partial charge is 0.143 e. The van der Waals surface area contributed by atoms with E-state index in [9.17, 15) is 0 Å². The van der Waals surface area contributed by atoms with Crippen molar-refractivity contribution in [2.24, 2.45) is 0 Å². The highest BCUT2D eigenvalue weighted by molar-refractivity contribution is 7.26. The molecule has 0 aliphatic heterocycles. The minimum atomic E-state index is 0.914. The number of furan rings is 2. The fraction of sp³-hybridized carbons (Fsp3) is 0. The third-order valence-corrected chi connectivity index (χ3v) is 29.7. The van der Waals surface area contributed by atoms with Gasteiger partial charge in [0, 0.05) is 52.8 Å². The van der Waals surface area contributed by atoms with E-state index in [0.29, 0.717) is 0 Å². The van der Waals surface area contributed by atoms with Gasteiger partial charge in [-0.25, -0.2) is 0 Å². The van der Waals surface area contributed by atoms with Crippen LogP contribution in [0.25, 0.3) is 283 Å². The van der Waals surface area contributed by atoms with Gasteiger partial charge < -0.3 is 8.83 Å². The second-order valence-corrected chi connectivity index (χ2v) is 37.1. The molecule has 0 atom stereocenters.